The molecule has 2 rings (SSSR count). The van der Waals surface area contributed by atoms with Crippen LogP contribution in [0.4, 0.5) is 0 Å². The van der Waals surface area contributed by atoms with Crippen molar-refractivity contribution in [1.29, 1.82) is 0 Å². The normalized spacial score (nSPS) is 18.7. The van der Waals surface area contributed by atoms with Crippen LogP contribution in [0.1, 0.15) is 31.2 Å². The highest BCUT2D eigenvalue weighted by molar-refractivity contribution is 7.85. The van der Waals surface area contributed by atoms with Gasteiger partial charge in [0, 0.05) is 15.5 Å². The minimum atomic E-state index is -3.45. The topological polar surface area (TPSA) is 43.4 Å². The van der Waals surface area contributed by atoms with Crippen LogP contribution in [0.25, 0.3) is 0 Å². The molecule has 0 N–H and O–H groups in total. The van der Waals surface area contributed by atoms with Gasteiger partial charge in [-0.25, -0.2) is 0 Å². The molecule has 1 aliphatic carbocycles. The molecule has 0 spiro atoms. The van der Waals surface area contributed by atoms with E-state index in [0.29, 0.717) is 10.0 Å². The maximum Gasteiger partial charge on any atom is 0.264 e. The summed E-state index contributed by atoms with van der Waals surface area (Å²) in [6, 6.07) is 5.35. The molecule has 106 valence electrons. The molecule has 0 atom stereocenters. The van der Waals surface area contributed by atoms with E-state index in [0.717, 1.165) is 37.5 Å². The SMILES string of the molecule is CS(=O)(=O)OCC1(c2ccc(Cl)cc2Cl)CCCC1. The van der Waals surface area contributed by atoms with Gasteiger partial charge in [0.1, 0.15) is 0 Å². The second kappa shape index (κ2) is 5.60. The van der Waals surface area contributed by atoms with Crippen LogP contribution in [0.3, 0.4) is 0 Å². The summed E-state index contributed by atoms with van der Waals surface area (Å²) in [4.78, 5) is 0. The van der Waals surface area contributed by atoms with Gasteiger partial charge in [0.15, 0.2) is 0 Å². The van der Waals surface area contributed by atoms with Gasteiger partial charge in [0.25, 0.3) is 10.1 Å². The lowest BCUT2D eigenvalue weighted by molar-refractivity contribution is 0.224. The van der Waals surface area contributed by atoms with Crippen molar-refractivity contribution in [3.05, 3.63) is 33.8 Å². The van der Waals surface area contributed by atoms with Crippen LogP contribution in [0, 0.1) is 0 Å². The molecule has 1 aliphatic rings. The van der Waals surface area contributed by atoms with Gasteiger partial charge in [0.05, 0.1) is 12.9 Å². The molecular weight excluding hydrogens is 307 g/mol. The molecule has 0 saturated heterocycles. The van der Waals surface area contributed by atoms with Crippen molar-refractivity contribution < 1.29 is 12.6 Å². The van der Waals surface area contributed by atoms with Gasteiger partial charge in [-0.15, -0.1) is 0 Å². The lowest BCUT2D eigenvalue weighted by Crippen LogP contribution is -2.30. The number of rotatable bonds is 4. The van der Waals surface area contributed by atoms with Crippen molar-refractivity contribution in [3.63, 3.8) is 0 Å². The van der Waals surface area contributed by atoms with E-state index in [-0.39, 0.29) is 12.0 Å². The zero-order valence-electron chi connectivity index (χ0n) is 10.7. The first kappa shape index (κ1) is 15.1. The summed E-state index contributed by atoms with van der Waals surface area (Å²) in [6.07, 6.45) is 4.92. The molecule has 19 heavy (non-hydrogen) atoms. The Balaban J connectivity index is 2.33. The summed E-state index contributed by atoms with van der Waals surface area (Å²) in [5.74, 6) is 0. The van der Waals surface area contributed by atoms with Crippen LogP contribution < -0.4 is 0 Å². The van der Waals surface area contributed by atoms with Gasteiger partial charge in [0.2, 0.25) is 0 Å². The van der Waals surface area contributed by atoms with Gasteiger partial charge in [-0.05, 0) is 30.5 Å². The molecular formula is C13H16Cl2O3S. The summed E-state index contributed by atoms with van der Waals surface area (Å²) < 4.78 is 27.5. The van der Waals surface area contributed by atoms with E-state index in [1.54, 1.807) is 12.1 Å². The second-order valence-electron chi connectivity index (χ2n) is 5.08. The van der Waals surface area contributed by atoms with Gasteiger partial charge in [-0.2, -0.15) is 8.42 Å². The Morgan fingerprint density at radius 1 is 1.26 bits per heavy atom. The molecule has 0 aromatic heterocycles. The lowest BCUT2D eigenvalue weighted by atomic mass is 9.80. The zero-order chi connectivity index (χ0) is 14.1. The smallest absolute Gasteiger partial charge is 0.264 e. The fourth-order valence-electron chi connectivity index (χ4n) is 2.68. The lowest BCUT2D eigenvalue weighted by Gasteiger charge is -2.29. The fourth-order valence-corrected chi connectivity index (χ4v) is 3.73. The first-order valence-electron chi connectivity index (χ1n) is 6.12. The highest BCUT2D eigenvalue weighted by atomic mass is 35.5. The average molecular weight is 323 g/mol. The van der Waals surface area contributed by atoms with E-state index < -0.39 is 10.1 Å². The maximum atomic E-state index is 11.2. The Bertz CT molecular complexity index is 563. The van der Waals surface area contributed by atoms with E-state index in [4.69, 9.17) is 27.4 Å². The van der Waals surface area contributed by atoms with Gasteiger partial charge in [-0.1, -0.05) is 42.1 Å². The first-order valence-corrected chi connectivity index (χ1v) is 8.70. The van der Waals surface area contributed by atoms with E-state index in [1.807, 2.05) is 6.07 Å². The van der Waals surface area contributed by atoms with E-state index in [2.05, 4.69) is 0 Å². The Hall–Kier alpha value is -0.290. The fraction of sp³-hybridized carbons (Fsp3) is 0.538. The van der Waals surface area contributed by atoms with Crippen molar-refractivity contribution >= 4 is 33.3 Å². The third kappa shape index (κ3) is 3.63. The maximum absolute atomic E-state index is 11.2. The molecule has 0 radical (unpaired) electrons. The van der Waals surface area contributed by atoms with Crippen molar-refractivity contribution in [3.8, 4) is 0 Å². The third-order valence-corrected chi connectivity index (χ3v) is 4.71. The van der Waals surface area contributed by atoms with Crippen LogP contribution in [0.5, 0.6) is 0 Å². The minimum Gasteiger partial charge on any atom is -0.269 e. The van der Waals surface area contributed by atoms with Crippen LogP contribution in [-0.2, 0) is 19.7 Å². The molecule has 0 amide bonds. The van der Waals surface area contributed by atoms with E-state index in [1.165, 1.54) is 0 Å². The molecule has 6 heteroatoms. The zero-order valence-corrected chi connectivity index (χ0v) is 13.0. The van der Waals surface area contributed by atoms with Crippen molar-refractivity contribution in [2.24, 2.45) is 0 Å². The quantitative estimate of drug-likeness (QED) is 0.792. The molecule has 0 bridgehead atoms. The Labute approximate surface area is 124 Å². The van der Waals surface area contributed by atoms with Crippen molar-refractivity contribution in [2.75, 3.05) is 12.9 Å². The Morgan fingerprint density at radius 3 is 2.42 bits per heavy atom. The molecule has 3 nitrogen and oxygen atoms in total. The summed E-state index contributed by atoms with van der Waals surface area (Å²) in [5.41, 5.74) is 0.616. The third-order valence-electron chi connectivity index (χ3n) is 3.61. The summed E-state index contributed by atoms with van der Waals surface area (Å²) in [6.45, 7) is 0.146. The number of halogens is 2. The molecule has 1 aromatic rings. The van der Waals surface area contributed by atoms with E-state index in [9.17, 15) is 8.42 Å². The Morgan fingerprint density at radius 2 is 1.89 bits per heavy atom. The van der Waals surface area contributed by atoms with Crippen LogP contribution in [0.15, 0.2) is 18.2 Å². The summed E-state index contributed by atoms with van der Waals surface area (Å²) in [5, 5.41) is 1.15. The molecule has 0 aliphatic heterocycles. The molecule has 1 saturated carbocycles. The second-order valence-corrected chi connectivity index (χ2v) is 7.57. The predicted molar refractivity (Wildman–Crippen MR) is 77.4 cm³/mol. The monoisotopic (exact) mass is 322 g/mol. The molecule has 0 heterocycles. The van der Waals surface area contributed by atoms with Crippen molar-refractivity contribution in [1.82, 2.24) is 0 Å². The Kier molecular flexibility index (Phi) is 4.45. The minimum absolute atomic E-state index is 0.146. The standard InChI is InChI=1S/C13H16Cl2O3S/c1-19(16,17)18-9-13(6-2-3-7-13)11-5-4-10(14)8-12(11)15/h4-5,8H,2-3,6-7,9H2,1H3. The van der Waals surface area contributed by atoms with Crippen molar-refractivity contribution in [2.45, 2.75) is 31.1 Å². The van der Waals surface area contributed by atoms with E-state index >= 15 is 0 Å². The average Bonchev–Trinajstić information content (AvgIpc) is 2.75. The largest absolute Gasteiger partial charge is 0.269 e. The summed E-state index contributed by atoms with van der Waals surface area (Å²) in [7, 11) is -3.45. The predicted octanol–water partition coefficient (Wildman–Crippen LogP) is 3.78. The number of benzene rings is 1. The van der Waals surface area contributed by atoms with Gasteiger partial charge in [-0.3, -0.25) is 4.18 Å². The molecule has 1 fully saturated rings. The van der Waals surface area contributed by atoms with Crippen LogP contribution >= 0.6 is 23.2 Å². The van der Waals surface area contributed by atoms with Crippen LogP contribution in [0.2, 0.25) is 10.0 Å². The van der Waals surface area contributed by atoms with Crippen LogP contribution in [-0.4, -0.2) is 21.3 Å². The molecule has 1 aromatic carbocycles. The van der Waals surface area contributed by atoms with Gasteiger partial charge < -0.3 is 0 Å². The van der Waals surface area contributed by atoms with Gasteiger partial charge >= 0.3 is 0 Å². The number of hydrogen-bond acceptors (Lipinski definition) is 3. The highest BCUT2D eigenvalue weighted by Crippen LogP contribution is 2.44. The first-order chi connectivity index (χ1) is 8.82. The highest BCUT2D eigenvalue weighted by Gasteiger charge is 2.38. The number of hydrogen-bond donors (Lipinski definition) is 0. The molecule has 0 unspecified atom stereocenters. The summed E-state index contributed by atoms with van der Waals surface area (Å²) >= 11 is 12.2.